The molecule has 0 spiro atoms. The maximum Gasteiger partial charge on any atom is 0.307 e. The summed E-state index contributed by atoms with van der Waals surface area (Å²) in [5, 5.41) is 17.7. The molecule has 76 valence electrons. The Bertz CT molecular complexity index is 361. The molecule has 0 saturated heterocycles. The number of aryl methyl sites for hydroxylation is 1. The molecule has 0 aliphatic heterocycles. The lowest BCUT2D eigenvalue weighted by molar-refractivity contribution is -0.136. The third kappa shape index (κ3) is 2.22. The molecule has 1 aromatic carbocycles. The van der Waals surface area contributed by atoms with Crippen molar-refractivity contribution >= 4 is 5.97 Å². The standard InChI is InChI=1S/C10H11FO3/c1-2-6-3-7(5-9(12)13)10(14)8(11)4-6/h3-4,14H,2,5H2,1H3,(H,12,13). The number of carboxylic acids is 1. The lowest BCUT2D eigenvalue weighted by Gasteiger charge is -2.05. The average molecular weight is 198 g/mol. The van der Waals surface area contributed by atoms with E-state index >= 15 is 0 Å². The molecule has 4 heteroatoms. The molecule has 0 atom stereocenters. The summed E-state index contributed by atoms with van der Waals surface area (Å²) >= 11 is 0. The van der Waals surface area contributed by atoms with Crippen molar-refractivity contribution in [3.05, 3.63) is 29.1 Å². The first kappa shape index (κ1) is 10.5. The van der Waals surface area contributed by atoms with Gasteiger partial charge < -0.3 is 10.2 Å². The molecule has 0 heterocycles. The van der Waals surface area contributed by atoms with Gasteiger partial charge in [0.15, 0.2) is 11.6 Å². The van der Waals surface area contributed by atoms with Crippen molar-refractivity contribution in [1.29, 1.82) is 0 Å². The zero-order valence-corrected chi connectivity index (χ0v) is 7.75. The van der Waals surface area contributed by atoms with Gasteiger partial charge in [-0.2, -0.15) is 0 Å². The van der Waals surface area contributed by atoms with Gasteiger partial charge in [-0.1, -0.05) is 13.0 Å². The summed E-state index contributed by atoms with van der Waals surface area (Å²) in [7, 11) is 0. The van der Waals surface area contributed by atoms with E-state index in [2.05, 4.69) is 0 Å². The largest absolute Gasteiger partial charge is 0.505 e. The summed E-state index contributed by atoms with van der Waals surface area (Å²) in [4.78, 5) is 10.4. The monoisotopic (exact) mass is 198 g/mol. The normalized spacial score (nSPS) is 10.1. The number of carbonyl (C=O) groups is 1. The SMILES string of the molecule is CCc1cc(F)c(O)c(CC(=O)O)c1. The molecular weight excluding hydrogens is 187 g/mol. The van der Waals surface area contributed by atoms with Crippen LogP contribution in [0.4, 0.5) is 4.39 Å². The maximum absolute atomic E-state index is 13.0. The van der Waals surface area contributed by atoms with Crippen LogP contribution in [0.3, 0.4) is 0 Å². The van der Waals surface area contributed by atoms with Crippen LogP contribution in [0.5, 0.6) is 5.75 Å². The van der Waals surface area contributed by atoms with E-state index in [1.165, 1.54) is 12.1 Å². The minimum Gasteiger partial charge on any atom is -0.505 e. The van der Waals surface area contributed by atoms with Gasteiger partial charge in [-0.25, -0.2) is 4.39 Å². The van der Waals surface area contributed by atoms with E-state index in [1.54, 1.807) is 0 Å². The summed E-state index contributed by atoms with van der Waals surface area (Å²) in [6.07, 6.45) is 0.237. The quantitative estimate of drug-likeness (QED) is 0.777. The van der Waals surface area contributed by atoms with Gasteiger partial charge in [0.1, 0.15) is 0 Å². The number of hydrogen-bond donors (Lipinski definition) is 2. The number of rotatable bonds is 3. The second-order valence-corrected chi connectivity index (χ2v) is 3.01. The van der Waals surface area contributed by atoms with Crippen LogP contribution in [-0.2, 0) is 17.6 Å². The summed E-state index contributed by atoms with van der Waals surface area (Å²) < 4.78 is 13.0. The molecule has 0 bridgehead atoms. The second kappa shape index (κ2) is 4.09. The first-order chi connectivity index (χ1) is 6.54. The van der Waals surface area contributed by atoms with Crippen LogP contribution in [0, 0.1) is 5.82 Å². The van der Waals surface area contributed by atoms with Gasteiger partial charge in [0, 0.05) is 5.56 Å². The molecule has 0 unspecified atom stereocenters. The average Bonchev–Trinajstić information content (AvgIpc) is 2.11. The topological polar surface area (TPSA) is 57.5 Å². The van der Waals surface area contributed by atoms with Gasteiger partial charge in [0.25, 0.3) is 0 Å². The molecule has 0 radical (unpaired) electrons. The molecule has 14 heavy (non-hydrogen) atoms. The fourth-order valence-corrected chi connectivity index (χ4v) is 1.22. The van der Waals surface area contributed by atoms with E-state index in [1.807, 2.05) is 6.92 Å². The highest BCUT2D eigenvalue weighted by Gasteiger charge is 2.11. The van der Waals surface area contributed by atoms with Gasteiger partial charge in [-0.15, -0.1) is 0 Å². The number of aromatic hydroxyl groups is 1. The first-order valence-electron chi connectivity index (χ1n) is 4.26. The van der Waals surface area contributed by atoms with Crippen molar-refractivity contribution < 1.29 is 19.4 Å². The molecular formula is C10H11FO3. The van der Waals surface area contributed by atoms with Gasteiger partial charge >= 0.3 is 5.97 Å². The molecule has 3 nitrogen and oxygen atoms in total. The minimum absolute atomic E-state index is 0.120. The minimum atomic E-state index is -1.09. The number of halogens is 1. The van der Waals surface area contributed by atoms with E-state index in [9.17, 15) is 14.3 Å². The Kier molecular flexibility index (Phi) is 3.06. The van der Waals surface area contributed by atoms with Crippen LogP contribution in [0.1, 0.15) is 18.1 Å². The van der Waals surface area contributed by atoms with Crippen molar-refractivity contribution in [3.63, 3.8) is 0 Å². The smallest absolute Gasteiger partial charge is 0.307 e. The van der Waals surface area contributed by atoms with Crippen molar-refractivity contribution in [2.45, 2.75) is 19.8 Å². The van der Waals surface area contributed by atoms with Gasteiger partial charge in [-0.3, -0.25) is 4.79 Å². The predicted octanol–water partition coefficient (Wildman–Crippen LogP) is 1.72. The second-order valence-electron chi connectivity index (χ2n) is 3.01. The Morgan fingerprint density at radius 3 is 2.64 bits per heavy atom. The lowest BCUT2D eigenvalue weighted by atomic mass is 10.0. The van der Waals surface area contributed by atoms with E-state index in [-0.39, 0.29) is 12.0 Å². The van der Waals surface area contributed by atoms with Crippen molar-refractivity contribution in [2.75, 3.05) is 0 Å². The van der Waals surface area contributed by atoms with Gasteiger partial charge in [0.2, 0.25) is 0 Å². The summed E-state index contributed by atoms with van der Waals surface area (Å²) in [6.45, 7) is 1.83. The molecule has 0 aromatic heterocycles. The van der Waals surface area contributed by atoms with E-state index in [0.717, 1.165) is 0 Å². The zero-order valence-electron chi connectivity index (χ0n) is 7.75. The highest BCUT2D eigenvalue weighted by atomic mass is 19.1. The van der Waals surface area contributed by atoms with Crippen LogP contribution in [0.2, 0.25) is 0 Å². The van der Waals surface area contributed by atoms with Crippen LogP contribution < -0.4 is 0 Å². The lowest BCUT2D eigenvalue weighted by Crippen LogP contribution is -2.02. The highest BCUT2D eigenvalue weighted by molar-refractivity contribution is 5.71. The van der Waals surface area contributed by atoms with Crippen molar-refractivity contribution in [2.24, 2.45) is 0 Å². The third-order valence-corrected chi connectivity index (χ3v) is 1.95. The Morgan fingerprint density at radius 1 is 1.50 bits per heavy atom. The fraction of sp³-hybridized carbons (Fsp3) is 0.300. The highest BCUT2D eigenvalue weighted by Crippen LogP contribution is 2.23. The number of hydrogen-bond acceptors (Lipinski definition) is 2. The summed E-state index contributed by atoms with van der Waals surface area (Å²) in [5.74, 6) is -2.42. The molecule has 1 rings (SSSR count). The first-order valence-corrected chi connectivity index (χ1v) is 4.26. The molecule has 1 aromatic rings. The fourth-order valence-electron chi connectivity index (χ4n) is 1.22. The van der Waals surface area contributed by atoms with Crippen LogP contribution in [0.25, 0.3) is 0 Å². The van der Waals surface area contributed by atoms with E-state index < -0.39 is 17.5 Å². The zero-order chi connectivity index (χ0) is 10.7. The number of benzene rings is 1. The van der Waals surface area contributed by atoms with Crippen LogP contribution in [-0.4, -0.2) is 16.2 Å². The Morgan fingerprint density at radius 2 is 2.14 bits per heavy atom. The Labute approximate surface area is 80.8 Å². The van der Waals surface area contributed by atoms with E-state index in [4.69, 9.17) is 5.11 Å². The third-order valence-electron chi connectivity index (χ3n) is 1.95. The predicted molar refractivity (Wildman–Crippen MR) is 48.8 cm³/mol. The number of phenols is 1. The molecule has 0 aliphatic carbocycles. The van der Waals surface area contributed by atoms with Gasteiger partial charge in [-0.05, 0) is 18.1 Å². The maximum atomic E-state index is 13.0. The van der Waals surface area contributed by atoms with Crippen molar-refractivity contribution in [1.82, 2.24) is 0 Å². The molecule has 0 saturated carbocycles. The Hall–Kier alpha value is -1.58. The summed E-state index contributed by atoms with van der Waals surface area (Å²) in [5.41, 5.74) is 0.797. The molecule has 2 N–H and O–H groups in total. The van der Waals surface area contributed by atoms with Crippen LogP contribution >= 0.6 is 0 Å². The number of aliphatic carboxylic acids is 1. The molecule has 0 aliphatic rings. The summed E-state index contributed by atoms with van der Waals surface area (Å²) in [6, 6.07) is 2.72. The van der Waals surface area contributed by atoms with Crippen molar-refractivity contribution in [3.8, 4) is 5.75 Å². The Balaban J connectivity index is 3.13. The number of carboxylic acid groups (broad SMARTS) is 1. The van der Waals surface area contributed by atoms with E-state index in [0.29, 0.717) is 12.0 Å². The van der Waals surface area contributed by atoms with Gasteiger partial charge in [0.05, 0.1) is 6.42 Å². The number of phenolic OH excluding ortho intramolecular Hbond substituents is 1. The molecule has 0 fully saturated rings. The molecule has 0 amide bonds. The van der Waals surface area contributed by atoms with Crippen LogP contribution in [0.15, 0.2) is 12.1 Å².